The Morgan fingerprint density at radius 2 is 1.81 bits per heavy atom. The van der Waals surface area contributed by atoms with Gasteiger partial charge >= 0.3 is 0 Å². The zero-order valence-electron chi connectivity index (χ0n) is 12.3. The van der Waals surface area contributed by atoms with Gasteiger partial charge in [0, 0.05) is 0 Å². The first-order chi connectivity index (χ1) is 10.1. The van der Waals surface area contributed by atoms with Gasteiger partial charge < -0.3 is 20.5 Å². The normalized spacial score (nSPS) is 10.0. The molecule has 5 heteroatoms. The molecule has 2 aromatic rings. The van der Waals surface area contributed by atoms with Gasteiger partial charge in [0.05, 0.1) is 31.2 Å². The van der Waals surface area contributed by atoms with Crippen molar-refractivity contribution >= 4 is 17.3 Å². The molecule has 0 heterocycles. The van der Waals surface area contributed by atoms with Crippen molar-refractivity contribution in [2.24, 2.45) is 0 Å². The van der Waals surface area contributed by atoms with E-state index < -0.39 is 0 Å². The van der Waals surface area contributed by atoms with Crippen LogP contribution in [0.5, 0.6) is 11.5 Å². The standard InChI is InChI=1S/C16H18N2O3/c1-10-7-8-13(20-2)12(9-10)18-16(19)11-5-4-6-14(21-3)15(11)17/h4-9H,17H2,1-3H3,(H,18,19). The minimum Gasteiger partial charge on any atom is -0.495 e. The Kier molecular flexibility index (Phi) is 4.33. The van der Waals surface area contributed by atoms with Gasteiger partial charge in [0.1, 0.15) is 11.5 Å². The number of nitrogens with one attached hydrogen (secondary N) is 1. The Morgan fingerprint density at radius 3 is 2.48 bits per heavy atom. The summed E-state index contributed by atoms with van der Waals surface area (Å²) in [6.07, 6.45) is 0. The molecule has 2 rings (SSSR count). The van der Waals surface area contributed by atoms with Crippen LogP contribution in [0.4, 0.5) is 11.4 Å². The highest BCUT2D eigenvalue weighted by molar-refractivity contribution is 6.09. The molecule has 0 fully saturated rings. The van der Waals surface area contributed by atoms with Crippen molar-refractivity contribution in [3.05, 3.63) is 47.5 Å². The number of anilines is 2. The van der Waals surface area contributed by atoms with Crippen molar-refractivity contribution in [2.45, 2.75) is 6.92 Å². The maximum Gasteiger partial charge on any atom is 0.257 e. The van der Waals surface area contributed by atoms with Crippen molar-refractivity contribution in [3.8, 4) is 11.5 Å². The van der Waals surface area contributed by atoms with Crippen LogP contribution in [0.2, 0.25) is 0 Å². The number of ether oxygens (including phenoxy) is 2. The number of benzene rings is 2. The first-order valence-corrected chi connectivity index (χ1v) is 6.45. The van der Waals surface area contributed by atoms with Crippen LogP contribution in [0.3, 0.4) is 0 Å². The summed E-state index contributed by atoms with van der Waals surface area (Å²) >= 11 is 0. The van der Waals surface area contributed by atoms with Crippen molar-refractivity contribution < 1.29 is 14.3 Å². The van der Waals surface area contributed by atoms with Gasteiger partial charge in [0.15, 0.2) is 0 Å². The maximum atomic E-state index is 12.4. The Bertz CT molecular complexity index is 669. The molecule has 0 saturated heterocycles. The number of hydrogen-bond acceptors (Lipinski definition) is 4. The molecule has 0 bridgehead atoms. The molecule has 21 heavy (non-hydrogen) atoms. The number of methoxy groups -OCH3 is 2. The average Bonchev–Trinajstić information content (AvgIpc) is 2.47. The Labute approximate surface area is 123 Å². The number of carbonyl (C=O) groups is 1. The second-order valence-corrected chi connectivity index (χ2v) is 4.58. The molecular formula is C16H18N2O3. The minimum atomic E-state index is -0.310. The molecule has 0 aliphatic rings. The quantitative estimate of drug-likeness (QED) is 0.848. The van der Waals surface area contributed by atoms with Crippen molar-refractivity contribution in [1.82, 2.24) is 0 Å². The van der Waals surface area contributed by atoms with E-state index in [1.165, 1.54) is 7.11 Å². The van der Waals surface area contributed by atoms with Gasteiger partial charge in [-0.1, -0.05) is 12.1 Å². The topological polar surface area (TPSA) is 73.6 Å². The largest absolute Gasteiger partial charge is 0.495 e. The molecule has 5 nitrogen and oxygen atoms in total. The van der Waals surface area contributed by atoms with Crippen molar-refractivity contribution in [1.29, 1.82) is 0 Å². The number of nitrogen functional groups attached to an aromatic ring is 1. The summed E-state index contributed by atoms with van der Waals surface area (Å²) in [6, 6.07) is 10.6. The van der Waals surface area contributed by atoms with E-state index in [0.29, 0.717) is 28.4 Å². The van der Waals surface area contributed by atoms with E-state index in [4.69, 9.17) is 15.2 Å². The van der Waals surface area contributed by atoms with Gasteiger partial charge in [-0.25, -0.2) is 0 Å². The number of amides is 1. The lowest BCUT2D eigenvalue weighted by Gasteiger charge is -2.13. The summed E-state index contributed by atoms with van der Waals surface area (Å²) in [5.41, 5.74) is 8.22. The van der Waals surface area contributed by atoms with Crippen LogP contribution >= 0.6 is 0 Å². The SMILES string of the molecule is COc1ccc(C)cc1NC(=O)c1cccc(OC)c1N. The number of para-hydroxylation sites is 1. The molecular weight excluding hydrogens is 268 g/mol. The number of nitrogens with two attached hydrogens (primary N) is 1. The van der Waals surface area contributed by atoms with Crippen LogP contribution in [0.1, 0.15) is 15.9 Å². The van der Waals surface area contributed by atoms with Crippen LogP contribution in [-0.2, 0) is 0 Å². The fraction of sp³-hybridized carbons (Fsp3) is 0.188. The van der Waals surface area contributed by atoms with E-state index in [1.807, 2.05) is 19.1 Å². The predicted octanol–water partition coefficient (Wildman–Crippen LogP) is 2.85. The first-order valence-electron chi connectivity index (χ1n) is 6.45. The fourth-order valence-electron chi connectivity index (χ4n) is 2.03. The highest BCUT2D eigenvalue weighted by atomic mass is 16.5. The molecule has 0 aliphatic carbocycles. The summed E-state index contributed by atoms with van der Waals surface area (Å²) in [5.74, 6) is 0.754. The Morgan fingerprint density at radius 1 is 1.10 bits per heavy atom. The third-order valence-electron chi connectivity index (χ3n) is 3.13. The average molecular weight is 286 g/mol. The van der Waals surface area contributed by atoms with E-state index in [9.17, 15) is 4.79 Å². The molecule has 1 amide bonds. The Hall–Kier alpha value is -2.69. The predicted molar refractivity (Wildman–Crippen MR) is 83.1 cm³/mol. The van der Waals surface area contributed by atoms with Crippen LogP contribution in [-0.4, -0.2) is 20.1 Å². The first kappa shape index (κ1) is 14.7. The smallest absolute Gasteiger partial charge is 0.257 e. The molecule has 3 N–H and O–H groups in total. The van der Waals surface area contributed by atoms with Crippen LogP contribution < -0.4 is 20.5 Å². The number of carbonyl (C=O) groups excluding carboxylic acids is 1. The lowest BCUT2D eigenvalue weighted by atomic mass is 10.1. The molecule has 0 atom stereocenters. The number of hydrogen-bond donors (Lipinski definition) is 2. The zero-order chi connectivity index (χ0) is 15.4. The monoisotopic (exact) mass is 286 g/mol. The lowest BCUT2D eigenvalue weighted by Crippen LogP contribution is -2.15. The van der Waals surface area contributed by atoms with E-state index in [2.05, 4.69) is 5.32 Å². The minimum absolute atomic E-state index is 0.309. The molecule has 2 aromatic carbocycles. The second-order valence-electron chi connectivity index (χ2n) is 4.58. The third kappa shape index (κ3) is 3.08. The van der Waals surface area contributed by atoms with Crippen molar-refractivity contribution in [2.75, 3.05) is 25.3 Å². The van der Waals surface area contributed by atoms with Crippen LogP contribution in [0, 0.1) is 6.92 Å². The molecule has 0 spiro atoms. The number of aryl methyl sites for hydroxylation is 1. The summed E-state index contributed by atoms with van der Waals surface area (Å²) in [5, 5.41) is 2.81. The van der Waals surface area contributed by atoms with Crippen molar-refractivity contribution in [3.63, 3.8) is 0 Å². The van der Waals surface area contributed by atoms with E-state index in [-0.39, 0.29) is 5.91 Å². The van der Waals surface area contributed by atoms with E-state index >= 15 is 0 Å². The summed E-state index contributed by atoms with van der Waals surface area (Å²) in [6.45, 7) is 1.94. The summed E-state index contributed by atoms with van der Waals surface area (Å²) in [4.78, 5) is 12.4. The number of rotatable bonds is 4. The van der Waals surface area contributed by atoms with Crippen LogP contribution in [0.15, 0.2) is 36.4 Å². The maximum absolute atomic E-state index is 12.4. The molecule has 0 unspecified atom stereocenters. The molecule has 0 radical (unpaired) electrons. The molecule has 0 aromatic heterocycles. The molecule has 0 aliphatic heterocycles. The highest BCUT2D eigenvalue weighted by Gasteiger charge is 2.15. The fourth-order valence-corrected chi connectivity index (χ4v) is 2.03. The van der Waals surface area contributed by atoms with E-state index in [1.54, 1.807) is 31.4 Å². The van der Waals surface area contributed by atoms with Gasteiger partial charge in [-0.3, -0.25) is 4.79 Å². The van der Waals surface area contributed by atoms with Gasteiger partial charge in [-0.2, -0.15) is 0 Å². The van der Waals surface area contributed by atoms with Gasteiger partial charge in [0.25, 0.3) is 5.91 Å². The third-order valence-corrected chi connectivity index (χ3v) is 3.13. The highest BCUT2D eigenvalue weighted by Crippen LogP contribution is 2.28. The second kappa shape index (κ2) is 6.17. The Balaban J connectivity index is 2.32. The van der Waals surface area contributed by atoms with Gasteiger partial charge in [-0.15, -0.1) is 0 Å². The molecule has 0 saturated carbocycles. The lowest BCUT2D eigenvalue weighted by molar-refractivity contribution is 0.102. The summed E-state index contributed by atoms with van der Waals surface area (Å²) < 4.78 is 10.4. The summed E-state index contributed by atoms with van der Waals surface area (Å²) in [7, 11) is 3.07. The van der Waals surface area contributed by atoms with Crippen LogP contribution in [0.25, 0.3) is 0 Å². The van der Waals surface area contributed by atoms with E-state index in [0.717, 1.165) is 5.56 Å². The zero-order valence-corrected chi connectivity index (χ0v) is 12.3. The van der Waals surface area contributed by atoms with Gasteiger partial charge in [0.2, 0.25) is 0 Å². The molecule has 110 valence electrons. The van der Waals surface area contributed by atoms with Gasteiger partial charge in [-0.05, 0) is 36.8 Å².